The number of hydrogen-bond donors (Lipinski definition) is 0. The van der Waals surface area contributed by atoms with Crippen LogP contribution in [0.25, 0.3) is 0 Å². The maximum absolute atomic E-state index is 14.1. The zero-order chi connectivity index (χ0) is 21.1. The molecular weight excluding hydrogens is 396 g/mol. The van der Waals surface area contributed by atoms with Crippen LogP contribution >= 0.6 is 0 Å². The Bertz CT molecular complexity index is 899. The highest BCUT2D eigenvalue weighted by Gasteiger charge is 2.47. The molecule has 2 amide bonds. The highest BCUT2D eigenvalue weighted by Crippen LogP contribution is 2.33. The minimum atomic E-state index is -2.98. The number of benzene rings is 1. The molecule has 1 aromatic heterocycles. The largest absolute Gasteiger partial charge is 0.484 e. The molecule has 2 saturated heterocycles. The SMILES string of the molecule is O=C(c1cn(CC2CC(F)(F)CN2C(=O)COc2ccccc2)nn1)N1CCCC1. The van der Waals surface area contributed by atoms with Gasteiger partial charge in [-0.1, -0.05) is 23.4 Å². The lowest BCUT2D eigenvalue weighted by atomic mass is 10.2. The summed E-state index contributed by atoms with van der Waals surface area (Å²) >= 11 is 0. The van der Waals surface area contributed by atoms with E-state index < -0.39 is 30.8 Å². The summed E-state index contributed by atoms with van der Waals surface area (Å²) in [6, 6.07) is 7.96. The summed E-state index contributed by atoms with van der Waals surface area (Å²) in [5.41, 5.74) is 0.187. The number of carbonyl (C=O) groups excluding carboxylic acids is 2. The zero-order valence-electron chi connectivity index (χ0n) is 16.4. The van der Waals surface area contributed by atoms with Gasteiger partial charge in [0.2, 0.25) is 0 Å². The first kappa shape index (κ1) is 20.2. The summed E-state index contributed by atoms with van der Waals surface area (Å²) in [6.07, 6.45) is 2.90. The molecule has 0 N–H and O–H groups in total. The summed E-state index contributed by atoms with van der Waals surface area (Å²) in [4.78, 5) is 27.8. The van der Waals surface area contributed by atoms with E-state index in [1.807, 2.05) is 6.07 Å². The number of aromatic nitrogens is 3. The number of para-hydroxylation sites is 1. The van der Waals surface area contributed by atoms with Crippen LogP contribution in [0.5, 0.6) is 5.75 Å². The van der Waals surface area contributed by atoms with Crippen LogP contribution < -0.4 is 4.74 Å². The molecule has 2 fully saturated rings. The van der Waals surface area contributed by atoms with Gasteiger partial charge in [0.1, 0.15) is 5.75 Å². The van der Waals surface area contributed by atoms with Crippen LogP contribution in [0.2, 0.25) is 0 Å². The van der Waals surface area contributed by atoms with Crippen LogP contribution in [0.15, 0.2) is 36.5 Å². The summed E-state index contributed by atoms with van der Waals surface area (Å²) < 4.78 is 34.9. The number of hydrogen-bond acceptors (Lipinski definition) is 5. The van der Waals surface area contributed by atoms with Crippen molar-refractivity contribution in [2.75, 3.05) is 26.2 Å². The van der Waals surface area contributed by atoms with Gasteiger partial charge in [0.15, 0.2) is 12.3 Å². The van der Waals surface area contributed by atoms with Crippen molar-refractivity contribution in [3.05, 3.63) is 42.2 Å². The van der Waals surface area contributed by atoms with Gasteiger partial charge in [-0.2, -0.15) is 0 Å². The number of halogens is 2. The number of amides is 2. The molecular formula is C20H23F2N5O3. The van der Waals surface area contributed by atoms with Crippen LogP contribution in [0, 0.1) is 0 Å². The minimum absolute atomic E-state index is 0.0347. The van der Waals surface area contributed by atoms with Crippen LogP contribution in [-0.4, -0.2) is 74.8 Å². The van der Waals surface area contributed by atoms with Crippen molar-refractivity contribution in [1.29, 1.82) is 0 Å². The van der Waals surface area contributed by atoms with Gasteiger partial charge in [0.25, 0.3) is 17.7 Å². The van der Waals surface area contributed by atoms with Crippen molar-refractivity contribution in [2.45, 2.75) is 37.8 Å². The number of likely N-dealkylation sites (tertiary alicyclic amines) is 2. The Labute approximate surface area is 172 Å². The average molecular weight is 419 g/mol. The van der Waals surface area contributed by atoms with Gasteiger partial charge in [-0.3, -0.25) is 9.59 Å². The molecule has 2 aliphatic heterocycles. The van der Waals surface area contributed by atoms with E-state index in [1.54, 1.807) is 29.2 Å². The molecule has 30 heavy (non-hydrogen) atoms. The summed E-state index contributed by atoms with van der Waals surface area (Å²) in [5, 5.41) is 7.80. The fourth-order valence-electron chi connectivity index (χ4n) is 3.88. The van der Waals surface area contributed by atoms with Gasteiger partial charge in [0.05, 0.1) is 25.3 Å². The normalized spacial score (nSPS) is 20.5. The van der Waals surface area contributed by atoms with Gasteiger partial charge in [-0.15, -0.1) is 5.10 Å². The van der Waals surface area contributed by atoms with E-state index in [-0.39, 0.29) is 24.8 Å². The second-order valence-corrected chi connectivity index (χ2v) is 7.66. The smallest absolute Gasteiger partial charge is 0.276 e. The lowest BCUT2D eigenvalue weighted by molar-refractivity contribution is -0.135. The van der Waals surface area contributed by atoms with E-state index in [1.165, 1.54) is 10.9 Å². The number of carbonyl (C=O) groups is 2. The molecule has 0 radical (unpaired) electrons. The summed E-state index contributed by atoms with van der Waals surface area (Å²) in [5.74, 6) is -3.22. The molecule has 0 saturated carbocycles. The monoisotopic (exact) mass is 419 g/mol. The summed E-state index contributed by atoms with van der Waals surface area (Å²) in [7, 11) is 0. The fourth-order valence-corrected chi connectivity index (χ4v) is 3.88. The van der Waals surface area contributed by atoms with Crippen molar-refractivity contribution in [3.8, 4) is 5.75 Å². The molecule has 2 aromatic rings. The quantitative estimate of drug-likeness (QED) is 0.714. The number of ether oxygens (including phenoxy) is 1. The molecule has 10 heteroatoms. The van der Waals surface area contributed by atoms with Crippen molar-refractivity contribution in [3.63, 3.8) is 0 Å². The molecule has 0 spiro atoms. The number of alkyl halides is 2. The van der Waals surface area contributed by atoms with E-state index in [0.717, 1.165) is 17.7 Å². The van der Waals surface area contributed by atoms with Crippen LogP contribution in [0.4, 0.5) is 8.78 Å². The van der Waals surface area contributed by atoms with Crippen molar-refractivity contribution >= 4 is 11.8 Å². The van der Waals surface area contributed by atoms with E-state index in [4.69, 9.17) is 4.74 Å². The standard InChI is InChI=1S/C20H23F2N5O3/c21-20(22)10-15(27(14-20)18(28)13-30-16-6-2-1-3-7-16)11-26-12-17(23-24-26)19(29)25-8-4-5-9-25/h1-3,6-7,12,15H,4-5,8-11,13-14H2. The maximum atomic E-state index is 14.1. The van der Waals surface area contributed by atoms with Crippen molar-refractivity contribution in [1.82, 2.24) is 24.8 Å². The average Bonchev–Trinajstić information content (AvgIpc) is 3.47. The molecule has 0 bridgehead atoms. The Balaban J connectivity index is 1.40. The molecule has 1 aromatic carbocycles. The lowest BCUT2D eigenvalue weighted by Crippen LogP contribution is -2.41. The van der Waals surface area contributed by atoms with Gasteiger partial charge in [-0.25, -0.2) is 13.5 Å². The van der Waals surface area contributed by atoms with Gasteiger partial charge < -0.3 is 14.5 Å². The molecule has 3 heterocycles. The third-order valence-electron chi connectivity index (χ3n) is 5.35. The van der Waals surface area contributed by atoms with Crippen LogP contribution in [0.3, 0.4) is 0 Å². The Morgan fingerprint density at radius 1 is 1.17 bits per heavy atom. The van der Waals surface area contributed by atoms with Gasteiger partial charge in [-0.05, 0) is 25.0 Å². The first-order chi connectivity index (χ1) is 14.4. The van der Waals surface area contributed by atoms with Crippen molar-refractivity contribution in [2.24, 2.45) is 0 Å². The fraction of sp³-hybridized carbons (Fsp3) is 0.500. The molecule has 1 atom stereocenters. The van der Waals surface area contributed by atoms with Gasteiger partial charge in [0, 0.05) is 19.5 Å². The minimum Gasteiger partial charge on any atom is -0.484 e. The molecule has 4 rings (SSSR count). The topological polar surface area (TPSA) is 80.6 Å². The third kappa shape index (κ3) is 4.58. The van der Waals surface area contributed by atoms with E-state index >= 15 is 0 Å². The predicted octanol–water partition coefficient (Wildman–Crippen LogP) is 1.83. The molecule has 1 unspecified atom stereocenters. The molecule has 0 aliphatic carbocycles. The molecule has 160 valence electrons. The first-order valence-electron chi connectivity index (χ1n) is 9.96. The van der Waals surface area contributed by atoms with Crippen LogP contribution in [0.1, 0.15) is 29.8 Å². The summed E-state index contributed by atoms with van der Waals surface area (Å²) in [6.45, 7) is 0.414. The number of nitrogens with zero attached hydrogens (tertiary/aromatic N) is 5. The Hall–Kier alpha value is -3.04. The highest BCUT2D eigenvalue weighted by atomic mass is 19.3. The Morgan fingerprint density at radius 2 is 1.90 bits per heavy atom. The van der Waals surface area contributed by atoms with E-state index in [9.17, 15) is 18.4 Å². The molecule has 8 nitrogen and oxygen atoms in total. The van der Waals surface area contributed by atoms with Gasteiger partial charge >= 0.3 is 0 Å². The zero-order valence-corrected chi connectivity index (χ0v) is 16.4. The highest BCUT2D eigenvalue weighted by molar-refractivity contribution is 5.92. The van der Waals surface area contributed by atoms with Crippen molar-refractivity contribution < 1.29 is 23.1 Å². The second-order valence-electron chi connectivity index (χ2n) is 7.66. The number of rotatable bonds is 6. The predicted molar refractivity (Wildman–Crippen MR) is 102 cm³/mol. The second kappa shape index (κ2) is 8.37. The third-order valence-corrected chi connectivity index (χ3v) is 5.35. The van der Waals surface area contributed by atoms with E-state index in [2.05, 4.69) is 10.3 Å². The first-order valence-corrected chi connectivity index (χ1v) is 9.96. The Morgan fingerprint density at radius 3 is 2.63 bits per heavy atom. The lowest BCUT2D eigenvalue weighted by Gasteiger charge is -2.23. The molecule has 2 aliphatic rings. The Kier molecular flexibility index (Phi) is 5.65. The van der Waals surface area contributed by atoms with E-state index in [0.29, 0.717) is 18.8 Å². The maximum Gasteiger partial charge on any atom is 0.276 e. The van der Waals surface area contributed by atoms with Crippen LogP contribution in [-0.2, 0) is 11.3 Å².